The molecule has 1 aromatic carbocycles. The average molecular weight is 423 g/mol. The molecule has 7 nitrogen and oxygen atoms in total. The van der Waals surface area contributed by atoms with Crippen LogP contribution in [0.25, 0.3) is 33.5 Å². The van der Waals surface area contributed by atoms with E-state index in [0.29, 0.717) is 17.9 Å². The van der Waals surface area contributed by atoms with Crippen molar-refractivity contribution in [1.82, 2.24) is 29.9 Å². The lowest BCUT2D eigenvalue weighted by atomic mass is 10.1. The van der Waals surface area contributed by atoms with Gasteiger partial charge in [0, 0.05) is 59.1 Å². The van der Waals surface area contributed by atoms with E-state index >= 15 is 4.39 Å². The Morgan fingerprint density at radius 3 is 2.56 bits per heavy atom. The number of nitrogens with zero attached hydrogens (tertiary/aromatic N) is 6. The molecule has 0 radical (unpaired) electrons. The van der Waals surface area contributed by atoms with Crippen molar-refractivity contribution < 1.29 is 4.39 Å². The van der Waals surface area contributed by atoms with Crippen LogP contribution in [0.5, 0.6) is 0 Å². The molecule has 8 heteroatoms. The molecular formula is C24H18FN7. The summed E-state index contributed by atoms with van der Waals surface area (Å²) < 4.78 is 15.1. The molecule has 0 aliphatic heterocycles. The van der Waals surface area contributed by atoms with E-state index < -0.39 is 5.82 Å². The minimum atomic E-state index is -0.513. The van der Waals surface area contributed by atoms with Gasteiger partial charge in [0.05, 0.1) is 5.52 Å². The number of benzene rings is 1. The van der Waals surface area contributed by atoms with Crippen LogP contribution >= 0.6 is 0 Å². The first-order valence-electron chi connectivity index (χ1n) is 10.0. The number of anilines is 1. The summed E-state index contributed by atoms with van der Waals surface area (Å²) in [5.41, 5.74) is 4.33. The second-order valence-corrected chi connectivity index (χ2v) is 7.25. The molecule has 0 unspecified atom stereocenters. The molecule has 0 fully saturated rings. The van der Waals surface area contributed by atoms with Gasteiger partial charge in [-0.2, -0.15) is 0 Å². The maximum absolute atomic E-state index is 15.1. The van der Waals surface area contributed by atoms with Gasteiger partial charge in [-0.1, -0.05) is 12.1 Å². The highest BCUT2D eigenvalue weighted by atomic mass is 19.1. The van der Waals surface area contributed by atoms with Gasteiger partial charge in [0.15, 0.2) is 17.5 Å². The van der Waals surface area contributed by atoms with E-state index in [0.717, 1.165) is 27.7 Å². The Morgan fingerprint density at radius 1 is 0.844 bits per heavy atom. The molecule has 0 aliphatic carbocycles. The van der Waals surface area contributed by atoms with Gasteiger partial charge in [-0.05, 0) is 37.3 Å². The first-order valence-corrected chi connectivity index (χ1v) is 10.0. The number of hydrogen-bond acceptors (Lipinski definition) is 7. The van der Waals surface area contributed by atoms with Gasteiger partial charge < -0.3 is 5.32 Å². The van der Waals surface area contributed by atoms with E-state index in [1.54, 1.807) is 30.9 Å². The Morgan fingerprint density at radius 2 is 1.72 bits per heavy atom. The van der Waals surface area contributed by atoms with Crippen molar-refractivity contribution in [2.45, 2.75) is 13.5 Å². The monoisotopic (exact) mass is 423 g/mol. The Balaban J connectivity index is 1.35. The van der Waals surface area contributed by atoms with E-state index in [1.807, 2.05) is 43.3 Å². The quantitative estimate of drug-likeness (QED) is 0.442. The minimum absolute atomic E-state index is 0.120. The molecule has 5 aromatic rings. The highest BCUT2D eigenvalue weighted by molar-refractivity contribution is 5.84. The van der Waals surface area contributed by atoms with E-state index in [-0.39, 0.29) is 11.5 Å². The molecule has 4 aromatic heterocycles. The Kier molecular flexibility index (Phi) is 5.17. The van der Waals surface area contributed by atoms with Gasteiger partial charge >= 0.3 is 0 Å². The third-order valence-corrected chi connectivity index (χ3v) is 4.99. The van der Waals surface area contributed by atoms with Crippen LogP contribution in [-0.2, 0) is 6.54 Å². The fraction of sp³-hybridized carbons (Fsp3) is 0.0833. The molecular weight excluding hydrogens is 405 g/mol. The largest absolute Gasteiger partial charge is 0.363 e. The van der Waals surface area contributed by atoms with Crippen LogP contribution in [0.1, 0.15) is 11.3 Å². The maximum atomic E-state index is 15.1. The third-order valence-electron chi connectivity index (χ3n) is 4.99. The minimum Gasteiger partial charge on any atom is -0.363 e. The standard InChI is InChI=1S/C24H18FN7/c1-15-9-19(6-8-26-15)23-28-11-16(12-29-23)13-30-24-21(25)22(31-14-32-24)18-4-5-20-17(10-18)3-2-7-27-20/h2-12,14H,13H2,1H3,(H,30,31,32). The summed E-state index contributed by atoms with van der Waals surface area (Å²) >= 11 is 0. The molecule has 0 saturated carbocycles. The number of aryl methyl sites for hydroxylation is 1. The zero-order valence-electron chi connectivity index (χ0n) is 17.2. The number of nitrogens with one attached hydrogen (secondary N) is 1. The molecule has 32 heavy (non-hydrogen) atoms. The van der Waals surface area contributed by atoms with Crippen molar-refractivity contribution in [3.8, 4) is 22.6 Å². The molecule has 156 valence electrons. The van der Waals surface area contributed by atoms with Crippen LogP contribution in [0.4, 0.5) is 10.2 Å². The Bertz CT molecular complexity index is 1400. The smallest absolute Gasteiger partial charge is 0.191 e. The van der Waals surface area contributed by atoms with Gasteiger partial charge in [0.25, 0.3) is 0 Å². The van der Waals surface area contributed by atoms with Gasteiger partial charge in [0.1, 0.15) is 12.0 Å². The molecule has 0 saturated heterocycles. The molecule has 0 amide bonds. The van der Waals surface area contributed by atoms with E-state index in [9.17, 15) is 0 Å². The highest BCUT2D eigenvalue weighted by Crippen LogP contribution is 2.27. The van der Waals surface area contributed by atoms with E-state index in [4.69, 9.17) is 0 Å². The molecule has 4 heterocycles. The zero-order chi connectivity index (χ0) is 21.9. The van der Waals surface area contributed by atoms with Crippen LogP contribution in [0, 0.1) is 12.7 Å². The number of halogens is 1. The van der Waals surface area contributed by atoms with Gasteiger partial charge in [-0.3, -0.25) is 9.97 Å². The molecule has 5 rings (SSSR count). The normalized spacial score (nSPS) is 10.9. The van der Waals surface area contributed by atoms with Crippen LogP contribution in [0.3, 0.4) is 0 Å². The Labute approximate surface area is 183 Å². The number of hydrogen-bond donors (Lipinski definition) is 1. The fourth-order valence-corrected chi connectivity index (χ4v) is 3.38. The molecule has 1 N–H and O–H groups in total. The van der Waals surface area contributed by atoms with Crippen molar-refractivity contribution in [3.63, 3.8) is 0 Å². The summed E-state index contributed by atoms with van der Waals surface area (Å²) in [5.74, 6) is 0.219. The summed E-state index contributed by atoms with van der Waals surface area (Å²) in [4.78, 5) is 25.5. The number of fused-ring (bicyclic) bond motifs is 1. The first-order chi connectivity index (χ1) is 15.7. The van der Waals surface area contributed by atoms with Crippen LogP contribution < -0.4 is 5.32 Å². The van der Waals surface area contributed by atoms with Crippen LogP contribution in [-0.4, -0.2) is 29.9 Å². The lowest BCUT2D eigenvalue weighted by molar-refractivity contribution is 0.621. The number of aromatic nitrogens is 6. The number of pyridine rings is 2. The van der Waals surface area contributed by atoms with Crippen molar-refractivity contribution >= 4 is 16.7 Å². The van der Waals surface area contributed by atoms with Crippen molar-refractivity contribution in [1.29, 1.82) is 0 Å². The van der Waals surface area contributed by atoms with Gasteiger partial charge in [-0.15, -0.1) is 0 Å². The van der Waals surface area contributed by atoms with Gasteiger partial charge in [0.2, 0.25) is 0 Å². The second-order valence-electron chi connectivity index (χ2n) is 7.25. The topological polar surface area (TPSA) is 89.4 Å². The summed E-state index contributed by atoms with van der Waals surface area (Å²) in [6.07, 6.45) is 8.22. The molecule has 0 spiro atoms. The third kappa shape index (κ3) is 3.98. The predicted octanol–water partition coefficient (Wildman–Crippen LogP) is 4.60. The molecule has 0 bridgehead atoms. The van der Waals surface area contributed by atoms with Crippen molar-refractivity contribution in [3.05, 3.63) is 90.7 Å². The number of rotatable bonds is 5. The summed E-state index contributed by atoms with van der Waals surface area (Å²) in [6.45, 7) is 2.24. The predicted molar refractivity (Wildman–Crippen MR) is 120 cm³/mol. The second kappa shape index (κ2) is 8.43. The zero-order valence-corrected chi connectivity index (χ0v) is 17.2. The first kappa shape index (κ1) is 19.6. The van der Waals surface area contributed by atoms with E-state index in [1.165, 1.54) is 6.33 Å². The summed E-state index contributed by atoms with van der Waals surface area (Å²) in [6, 6.07) is 13.1. The summed E-state index contributed by atoms with van der Waals surface area (Å²) in [7, 11) is 0. The van der Waals surface area contributed by atoms with Crippen LogP contribution in [0.2, 0.25) is 0 Å². The lowest BCUT2D eigenvalue weighted by Crippen LogP contribution is -2.06. The van der Waals surface area contributed by atoms with E-state index in [2.05, 4.69) is 35.2 Å². The Hall–Kier alpha value is -4.33. The van der Waals surface area contributed by atoms with Crippen molar-refractivity contribution in [2.75, 3.05) is 5.32 Å². The average Bonchev–Trinajstić information content (AvgIpc) is 2.83. The molecule has 0 atom stereocenters. The van der Waals surface area contributed by atoms with Crippen molar-refractivity contribution in [2.24, 2.45) is 0 Å². The van der Waals surface area contributed by atoms with Gasteiger partial charge in [-0.25, -0.2) is 24.3 Å². The highest BCUT2D eigenvalue weighted by Gasteiger charge is 2.14. The summed E-state index contributed by atoms with van der Waals surface area (Å²) in [5, 5.41) is 3.93. The maximum Gasteiger partial charge on any atom is 0.191 e. The lowest BCUT2D eigenvalue weighted by Gasteiger charge is -2.10. The van der Waals surface area contributed by atoms with Crippen LogP contribution in [0.15, 0.2) is 73.6 Å². The molecule has 0 aliphatic rings. The fourth-order valence-electron chi connectivity index (χ4n) is 3.38. The SMILES string of the molecule is Cc1cc(-c2ncc(CNc3ncnc(-c4ccc5ncccc5c4)c3F)cn2)ccn1.